The highest BCUT2D eigenvalue weighted by atomic mass is 16.5. The molecule has 8 heteroatoms. The van der Waals surface area contributed by atoms with Gasteiger partial charge in [0.25, 0.3) is 5.91 Å². The Bertz CT molecular complexity index is 956. The first-order valence-electron chi connectivity index (χ1n) is 10.5. The minimum Gasteiger partial charge on any atom is -0.467 e. The minimum absolute atomic E-state index is 0.291. The molecule has 1 aliphatic rings. The van der Waals surface area contributed by atoms with Crippen LogP contribution in [-0.2, 0) is 14.3 Å². The number of carbonyl (C=O) groups excluding carboxylic acids is 3. The first-order chi connectivity index (χ1) is 14.8. The molecule has 0 spiro atoms. The van der Waals surface area contributed by atoms with Crippen LogP contribution in [0.4, 0.5) is 0 Å². The second-order valence-corrected chi connectivity index (χ2v) is 8.03. The molecule has 1 aromatic carbocycles. The number of esters is 2. The normalized spacial score (nSPS) is 20.7. The van der Waals surface area contributed by atoms with Crippen molar-refractivity contribution in [2.75, 3.05) is 13.7 Å². The molecule has 1 fully saturated rings. The van der Waals surface area contributed by atoms with Crippen molar-refractivity contribution in [3.05, 3.63) is 47.3 Å². The Morgan fingerprint density at radius 3 is 2.42 bits per heavy atom. The van der Waals surface area contributed by atoms with E-state index in [9.17, 15) is 14.4 Å². The number of ether oxygens (including phenoxy) is 2. The molecule has 166 valence electrons. The molecule has 0 atom stereocenters. The average Bonchev–Trinajstić information content (AvgIpc) is 3.16. The van der Waals surface area contributed by atoms with E-state index in [1.165, 1.54) is 13.3 Å². The quantitative estimate of drug-likeness (QED) is 0.711. The highest BCUT2D eigenvalue weighted by Gasteiger charge is 2.43. The summed E-state index contributed by atoms with van der Waals surface area (Å²) >= 11 is 0. The van der Waals surface area contributed by atoms with Crippen LogP contribution in [0.25, 0.3) is 5.69 Å². The largest absolute Gasteiger partial charge is 0.467 e. The molecule has 1 amide bonds. The number of nitrogens with one attached hydrogen (secondary N) is 1. The van der Waals surface area contributed by atoms with Gasteiger partial charge in [0.2, 0.25) is 0 Å². The molecule has 0 aliphatic heterocycles. The maximum absolute atomic E-state index is 12.9. The number of hydrogen-bond donors (Lipinski definition) is 1. The van der Waals surface area contributed by atoms with E-state index in [1.807, 2.05) is 0 Å². The number of methoxy groups -OCH3 is 1. The van der Waals surface area contributed by atoms with Crippen LogP contribution in [0.15, 0.2) is 30.5 Å². The third-order valence-electron chi connectivity index (χ3n) is 5.94. The van der Waals surface area contributed by atoms with E-state index in [-0.39, 0.29) is 5.91 Å². The van der Waals surface area contributed by atoms with Gasteiger partial charge >= 0.3 is 11.9 Å². The Hall–Kier alpha value is -3.16. The summed E-state index contributed by atoms with van der Waals surface area (Å²) in [7, 11) is 1.35. The van der Waals surface area contributed by atoms with Crippen molar-refractivity contribution in [2.45, 2.75) is 52.0 Å². The summed E-state index contributed by atoms with van der Waals surface area (Å²) in [4.78, 5) is 37.4. The van der Waals surface area contributed by atoms with Gasteiger partial charge in [0, 0.05) is 5.56 Å². The molecule has 2 aromatic rings. The maximum Gasteiger partial charge on any atom is 0.341 e. The average molecular weight is 428 g/mol. The van der Waals surface area contributed by atoms with Crippen LogP contribution in [0.1, 0.15) is 65.9 Å². The number of amides is 1. The summed E-state index contributed by atoms with van der Waals surface area (Å²) < 4.78 is 11.7. The molecule has 1 aliphatic carbocycles. The first kappa shape index (κ1) is 22.5. The van der Waals surface area contributed by atoms with Gasteiger partial charge in [-0.15, -0.1) is 0 Å². The summed E-state index contributed by atoms with van der Waals surface area (Å²) in [5, 5.41) is 7.19. The Labute approximate surface area is 181 Å². The second kappa shape index (κ2) is 9.32. The van der Waals surface area contributed by atoms with Crippen LogP contribution >= 0.6 is 0 Å². The van der Waals surface area contributed by atoms with Crippen molar-refractivity contribution in [3.63, 3.8) is 0 Å². The molecule has 1 heterocycles. The second-order valence-electron chi connectivity index (χ2n) is 8.03. The van der Waals surface area contributed by atoms with Crippen LogP contribution in [-0.4, -0.2) is 46.9 Å². The molecule has 3 rings (SSSR count). The molecule has 8 nitrogen and oxygen atoms in total. The van der Waals surface area contributed by atoms with E-state index < -0.39 is 17.5 Å². The maximum atomic E-state index is 12.9. The van der Waals surface area contributed by atoms with Gasteiger partial charge in [-0.2, -0.15) is 5.10 Å². The molecule has 1 N–H and O–H groups in total. The lowest BCUT2D eigenvalue weighted by molar-refractivity contribution is -0.150. The highest BCUT2D eigenvalue weighted by molar-refractivity contribution is 5.98. The van der Waals surface area contributed by atoms with E-state index >= 15 is 0 Å². The number of aromatic nitrogens is 2. The van der Waals surface area contributed by atoms with Crippen molar-refractivity contribution in [2.24, 2.45) is 5.92 Å². The number of benzene rings is 1. The van der Waals surface area contributed by atoms with Gasteiger partial charge in [-0.05, 0) is 69.7 Å². The minimum atomic E-state index is -0.982. The lowest BCUT2D eigenvalue weighted by Gasteiger charge is -2.37. The van der Waals surface area contributed by atoms with Crippen LogP contribution in [0.3, 0.4) is 0 Å². The van der Waals surface area contributed by atoms with Gasteiger partial charge in [0.05, 0.1) is 31.3 Å². The molecular formula is C23H29N3O5. The van der Waals surface area contributed by atoms with E-state index in [4.69, 9.17) is 9.47 Å². The Morgan fingerprint density at radius 1 is 1.19 bits per heavy atom. The Kier molecular flexibility index (Phi) is 6.77. The summed E-state index contributed by atoms with van der Waals surface area (Å²) in [6, 6.07) is 6.84. The third kappa shape index (κ3) is 4.62. The molecule has 0 bridgehead atoms. The van der Waals surface area contributed by atoms with Crippen LogP contribution in [0, 0.1) is 12.8 Å². The zero-order valence-corrected chi connectivity index (χ0v) is 18.4. The summed E-state index contributed by atoms with van der Waals surface area (Å²) in [6.07, 6.45) is 4.31. The topological polar surface area (TPSA) is 99.5 Å². The lowest BCUT2D eigenvalue weighted by Crippen LogP contribution is -2.56. The standard InChI is InChI=1S/C23H29N3O5/c1-5-31-21(28)19-14-24-26(16(19)3)18-8-6-17(7-9-18)20(27)25-23(22(29)30-4)12-10-15(2)11-13-23/h6-9,14-15H,5,10-13H2,1-4H3,(H,25,27). The predicted molar refractivity (Wildman–Crippen MR) is 114 cm³/mol. The zero-order chi connectivity index (χ0) is 22.6. The zero-order valence-electron chi connectivity index (χ0n) is 18.4. The van der Waals surface area contributed by atoms with Gasteiger partial charge in [-0.3, -0.25) is 4.79 Å². The fourth-order valence-electron chi connectivity index (χ4n) is 3.95. The van der Waals surface area contributed by atoms with Gasteiger partial charge in [-0.25, -0.2) is 14.3 Å². The van der Waals surface area contributed by atoms with Crippen LogP contribution < -0.4 is 5.32 Å². The van der Waals surface area contributed by atoms with Gasteiger partial charge in [0.1, 0.15) is 11.1 Å². The molecule has 0 unspecified atom stereocenters. The van der Waals surface area contributed by atoms with Gasteiger partial charge in [-0.1, -0.05) is 6.92 Å². The lowest BCUT2D eigenvalue weighted by atomic mass is 9.77. The first-order valence-corrected chi connectivity index (χ1v) is 10.5. The fraction of sp³-hybridized carbons (Fsp3) is 0.478. The summed E-state index contributed by atoms with van der Waals surface area (Å²) in [6.45, 7) is 5.97. The number of carbonyl (C=O) groups is 3. The summed E-state index contributed by atoms with van der Waals surface area (Å²) in [5.41, 5.74) is 1.20. The highest BCUT2D eigenvalue weighted by Crippen LogP contribution is 2.33. The van der Waals surface area contributed by atoms with Crippen molar-refractivity contribution < 1.29 is 23.9 Å². The molecule has 0 saturated heterocycles. The molecule has 1 aromatic heterocycles. The Morgan fingerprint density at radius 2 is 1.84 bits per heavy atom. The Balaban J connectivity index is 1.77. The number of hydrogen-bond acceptors (Lipinski definition) is 6. The number of rotatable bonds is 6. The summed E-state index contributed by atoms with van der Waals surface area (Å²) in [5.74, 6) is -0.623. The SMILES string of the molecule is CCOC(=O)c1cnn(-c2ccc(C(=O)NC3(C(=O)OC)CCC(C)CC3)cc2)c1C. The van der Waals surface area contributed by atoms with E-state index in [0.29, 0.717) is 47.9 Å². The van der Waals surface area contributed by atoms with E-state index in [2.05, 4.69) is 17.3 Å². The molecule has 0 radical (unpaired) electrons. The molecular weight excluding hydrogens is 398 g/mol. The van der Waals surface area contributed by atoms with Crippen molar-refractivity contribution in [1.29, 1.82) is 0 Å². The fourth-order valence-corrected chi connectivity index (χ4v) is 3.95. The van der Waals surface area contributed by atoms with Crippen molar-refractivity contribution in [1.82, 2.24) is 15.1 Å². The van der Waals surface area contributed by atoms with Gasteiger partial charge < -0.3 is 14.8 Å². The monoisotopic (exact) mass is 427 g/mol. The van der Waals surface area contributed by atoms with E-state index in [1.54, 1.807) is 42.8 Å². The third-order valence-corrected chi connectivity index (χ3v) is 5.94. The van der Waals surface area contributed by atoms with Crippen LogP contribution in [0.2, 0.25) is 0 Å². The van der Waals surface area contributed by atoms with Crippen molar-refractivity contribution >= 4 is 17.8 Å². The predicted octanol–water partition coefficient (Wildman–Crippen LogP) is 3.21. The van der Waals surface area contributed by atoms with Crippen LogP contribution in [0.5, 0.6) is 0 Å². The van der Waals surface area contributed by atoms with Crippen molar-refractivity contribution in [3.8, 4) is 5.69 Å². The molecule has 1 saturated carbocycles. The smallest absolute Gasteiger partial charge is 0.341 e. The molecule has 31 heavy (non-hydrogen) atoms. The van der Waals surface area contributed by atoms with E-state index in [0.717, 1.165) is 12.8 Å². The number of nitrogens with zero attached hydrogens (tertiary/aromatic N) is 2. The van der Waals surface area contributed by atoms with Gasteiger partial charge in [0.15, 0.2) is 0 Å².